The second-order valence-corrected chi connectivity index (χ2v) is 4.75. The van der Waals surface area contributed by atoms with Crippen molar-refractivity contribution in [2.75, 3.05) is 7.11 Å². The van der Waals surface area contributed by atoms with Crippen molar-refractivity contribution in [2.45, 2.75) is 0 Å². The molecule has 6 heteroatoms. The highest BCUT2D eigenvalue weighted by atomic mass is 16.5. The van der Waals surface area contributed by atoms with Crippen LogP contribution in [0.4, 0.5) is 0 Å². The van der Waals surface area contributed by atoms with E-state index in [0.29, 0.717) is 11.3 Å². The van der Waals surface area contributed by atoms with Crippen LogP contribution in [0.2, 0.25) is 0 Å². The van der Waals surface area contributed by atoms with Gasteiger partial charge in [-0.05, 0) is 29.7 Å². The molecule has 0 bridgehead atoms. The quantitative estimate of drug-likeness (QED) is 0.728. The number of nitrogens with one attached hydrogen (secondary N) is 2. The Hall–Kier alpha value is -3.28. The van der Waals surface area contributed by atoms with Crippen LogP contribution < -0.4 is 15.6 Å². The van der Waals surface area contributed by atoms with E-state index in [1.807, 2.05) is 24.3 Å². The minimum atomic E-state index is -0.527. The normalized spacial score (nSPS) is 10.3. The van der Waals surface area contributed by atoms with Gasteiger partial charge >= 0.3 is 5.91 Å². The van der Waals surface area contributed by atoms with Gasteiger partial charge in [-0.25, -0.2) is 0 Å². The fourth-order valence-electron chi connectivity index (χ4n) is 2.30. The zero-order valence-electron chi connectivity index (χ0n) is 12.3. The first-order valence-corrected chi connectivity index (χ1v) is 6.90. The van der Waals surface area contributed by atoms with Crippen molar-refractivity contribution in [1.82, 2.24) is 10.9 Å². The van der Waals surface area contributed by atoms with Crippen molar-refractivity contribution in [3.05, 3.63) is 66.1 Å². The molecule has 116 valence electrons. The molecule has 0 saturated carbocycles. The number of methoxy groups -OCH3 is 1. The molecule has 2 N–H and O–H groups in total. The third kappa shape index (κ3) is 2.87. The Labute approximate surface area is 132 Å². The van der Waals surface area contributed by atoms with Crippen molar-refractivity contribution in [3.63, 3.8) is 0 Å². The van der Waals surface area contributed by atoms with E-state index in [2.05, 4.69) is 10.9 Å². The Kier molecular flexibility index (Phi) is 3.97. The van der Waals surface area contributed by atoms with Crippen LogP contribution in [-0.2, 0) is 0 Å². The molecule has 0 aliphatic heterocycles. The Bertz CT molecular complexity index is 856. The molecule has 0 radical (unpaired) electrons. The average Bonchev–Trinajstić information content (AvgIpc) is 3.13. The number of amides is 2. The van der Waals surface area contributed by atoms with Crippen molar-refractivity contribution >= 4 is 22.6 Å². The molecule has 6 nitrogen and oxygen atoms in total. The maximum Gasteiger partial charge on any atom is 0.305 e. The fourth-order valence-corrected chi connectivity index (χ4v) is 2.30. The van der Waals surface area contributed by atoms with E-state index in [1.54, 1.807) is 25.3 Å². The summed E-state index contributed by atoms with van der Waals surface area (Å²) in [6.45, 7) is 0. The van der Waals surface area contributed by atoms with Gasteiger partial charge in [0.1, 0.15) is 5.75 Å². The van der Waals surface area contributed by atoms with Crippen LogP contribution in [0.15, 0.2) is 59.2 Å². The van der Waals surface area contributed by atoms with E-state index in [4.69, 9.17) is 9.15 Å². The van der Waals surface area contributed by atoms with Gasteiger partial charge in [0.05, 0.1) is 13.4 Å². The molecule has 3 rings (SSSR count). The van der Waals surface area contributed by atoms with E-state index in [1.165, 1.54) is 12.3 Å². The summed E-state index contributed by atoms with van der Waals surface area (Å²) >= 11 is 0. The topological polar surface area (TPSA) is 80.6 Å². The number of ether oxygens (including phenoxy) is 1. The van der Waals surface area contributed by atoms with Gasteiger partial charge in [0, 0.05) is 10.9 Å². The van der Waals surface area contributed by atoms with E-state index in [9.17, 15) is 9.59 Å². The molecule has 2 amide bonds. The summed E-state index contributed by atoms with van der Waals surface area (Å²) in [4.78, 5) is 24.1. The number of benzene rings is 2. The Morgan fingerprint density at radius 1 is 0.913 bits per heavy atom. The predicted octanol–water partition coefficient (Wildman–Crippen LogP) is 2.52. The van der Waals surface area contributed by atoms with Crippen LogP contribution in [0.25, 0.3) is 10.8 Å². The van der Waals surface area contributed by atoms with E-state index < -0.39 is 11.8 Å². The molecular weight excluding hydrogens is 296 g/mol. The number of fused-ring (bicyclic) bond motifs is 1. The summed E-state index contributed by atoms with van der Waals surface area (Å²) in [6, 6.07) is 13.8. The number of hydrogen-bond donors (Lipinski definition) is 2. The number of hydrazine groups is 1. The molecule has 0 unspecified atom stereocenters. The second kappa shape index (κ2) is 6.23. The zero-order valence-corrected chi connectivity index (χ0v) is 12.3. The van der Waals surface area contributed by atoms with Crippen LogP contribution >= 0.6 is 0 Å². The summed E-state index contributed by atoms with van der Waals surface area (Å²) in [6.07, 6.45) is 1.38. The minimum Gasteiger partial charge on any atom is -0.496 e. The van der Waals surface area contributed by atoms with Crippen molar-refractivity contribution in [2.24, 2.45) is 0 Å². The fraction of sp³-hybridized carbons (Fsp3) is 0.0588. The Morgan fingerprint density at radius 2 is 1.65 bits per heavy atom. The molecule has 0 aliphatic rings. The summed E-state index contributed by atoms with van der Waals surface area (Å²) in [5, 5.41) is 1.55. The lowest BCUT2D eigenvalue weighted by molar-refractivity contribution is 0.0831. The highest BCUT2D eigenvalue weighted by Gasteiger charge is 2.14. The van der Waals surface area contributed by atoms with Crippen LogP contribution in [-0.4, -0.2) is 18.9 Å². The largest absolute Gasteiger partial charge is 0.496 e. The number of furan rings is 1. The molecule has 3 aromatic rings. The molecule has 0 aliphatic carbocycles. The van der Waals surface area contributed by atoms with Gasteiger partial charge in [0.2, 0.25) is 0 Å². The third-order valence-electron chi connectivity index (χ3n) is 3.38. The minimum absolute atomic E-state index is 0.116. The SMILES string of the molecule is COc1ccc(C(=O)NNC(=O)c2ccco2)c2ccccc12. The third-order valence-corrected chi connectivity index (χ3v) is 3.38. The van der Waals surface area contributed by atoms with Crippen molar-refractivity contribution in [1.29, 1.82) is 0 Å². The highest BCUT2D eigenvalue weighted by molar-refractivity contribution is 6.09. The van der Waals surface area contributed by atoms with E-state index >= 15 is 0 Å². The lowest BCUT2D eigenvalue weighted by Crippen LogP contribution is -2.41. The molecule has 0 fully saturated rings. The Balaban J connectivity index is 1.83. The van der Waals surface area contributed by atoms with Gasteiger partial charge in [-0.3, -0.25) is 20.4 Å². The first kappa shape index (κ1) is 14.6. The predicted molar refractivity (Wildman–Crippen MR) is 84.1 cm³/mol. The summed E-state index contributed by atoms with van der Waals surface area (Å²) in [7, 11) is 1.57. The second-order valence-electron chi connectivity index (χ2n) is 4.75. The standard InChI is InChI=1S/C17H14N2O4/c1-22-14-9-8-13(11-5-2-3-6-12(11)14)16(20)18-19-17(21)15-7-4-10-23-15/h2-10H,1H3,(H,18,20)(H,19,21). The smallest absolute Gasteiger partial charge is 0.305 e. The van der Waals surface area contributed by atoms with E-state index in [0.717, 1.165) is 10.8 Å². The first-order valence-electron chi connectivity index (χ1n) is 6.90. The Morgan fingerprint density at radius 3 is 2.35 bits per heavy atom. The lowest BCUT2D eigenvalue weighted by Gasteiger charge is -2.11. The maximum atomic E-state index is 12.3. The summed E-state index contributed by atoms with van der Waals surface area (Å²) in [5.74, 6) is -0.161. The molecule has 1 heterocycles. The summed E-state index contributed by atoms with van der Waals surface area (Å²) in [5.41, 5.74) is 5.12. The lowest BCUT2D eigenvalue weighted by atomic mass is 10.0. The molecule has 0 spiro atoms. The van der Waals surface area contributed by atoms with Gasteiger partial charge in [0.15, 0.2) is 5.76 Å². The van der Waals surface area contributed by atoms with Gasteiger partial charge < -0.3 is 9.15 Å². The monoisotopic (exact) mass is 310 g/mol. The number of carbonyl (C=O) groups is 2. The highest BCUT2D eigenvalue weighted by Crippen LogP contribution is 2.28. The first-order chi connectivity index (χ1) is 11.2. The molecule has 1 aromatic heterocycles. The molecule has 0 saturated heterocycles. The van der Waals surface area contributed by atoms with Gasteiger partial charge in [-0.15, -0.1) is 0 Å². The van der Waals surface area contributed by atoms with Gasteiger partial charge in [-0.1, -0.05) is 24.3 Å². The zero-order chi connectivity index (χ0) is 16.2. The van der Waals surface area contributed by atoms with Crippen LogP contribution in [0.1, 0.15) is 20.9 Å². The molecule has 2 aromatic carbocycles. The molecule has 0 atom stereocenters. The number of carbonyl (C=O) groups excluding carboxylic acids is 2. The maximum absolute atomic E-state index is 12.3. The van der Waals surface area contributed by atoms with Crippen LogP contribution in [0, 0.1) is 0 Å². The number of hydrogen-bond acceptors (Lipinski definition) is 4. The van der Waals surface area contributed by atoms with Crippen molar-refractivity contribution < 1.29 is 18.7 Å². The van der Waals surface area contributed by atoms with Crippen molar-refractivity contribution in [3.8, 4) is 5.75 Å². The number of rotatable bonds is 3. The van der Waals surface area contributed by atoms with Crippen LogP contribution in [0.5, 0.6) is 5.75 Å². The molecule has 23 heavy (non-hydrogen) atoms. The van der Waals surface area contributed by atoms with Gasteiger partial charge in [-0.2, -0.15) is 0 Å². The molecular formula is C17H14N2O4. The average molecular weight is 310 g/mol. The van der Waals surface area contributed by atoms with Crippen LogP contribution in [0.3, 0.4) is 0 Å². The van der Waals surface area contributed by atoms with E-state index in [-0.39, 0.29) is 5.76 Å². The van der Waals surface area contributed by atoms with Gasteiger partial charge in [0.25, 0.3) is 5.91 Å². The summed E-state index contributed by atoms with van der Waals surface area (Å²) < 4.78 is 10.2.